The van der Waals surface area contributed by atoms with Crippen LogP contribution in [0.2, 0.25) is 0 Å². The zero-order chi connectivity index (χ0) is 24.8. The predicted octanol–water partition coefficient (Wildman–Crippen LogP) is 12.4. The number of ether oxygens (including phenoxy) is 2. The molecule has 2 atom stereocenters. The molecule has 3 rings (SSSR count). The third-order valence-corrected chi connectivity index (χ3v) is 13.4. The number of hydrogen-bond donors (Lipinski definition) is 0. The van der Waals surface area contributed by atoms with E-state index in [4.69, 9.17) is 9.47 Å². The number of hydrogen-bond acceptors (Lipinski definition) is 4. The Hall–Kier alpha value is 0.660. The first-order chi connectivity index (χ1) is 16.4. The molecule has 3 aromatic rings. The number of thiophene rings is 2. The van der Waals surface area contributed by atoms with E-state index >= 15 is 0 Å². The van der Waals surface area contributed by atoms with E-state index in [9.17, 15) is 0 Å². The highest BCUT2D eigenvalue weighted by Gasteiger charge is 2.27. The largest absolute Gasteiger partial charge is 0.491 e. The highest BCUT2D eigenvalue weighted by Crippen LogP contribution is 2.57. The Balaban J connectivity index is 2.09. The molecular weight excluding hydrogens is 728 g/mol. The van der Waals surface area contributed by atoms with Crippen LogP contribution in [-0.4, -0.2) is 13.2 Å². The molecule has 0 bridgehead atoms. The summed E-state index contributed by atoms with van der Waals surface area (Å²) in [6, 6.07) is 0. The molecule has 0 N–H and O–H groups in total. The maximum absolute atomic E-state index is 6.67. The molecule has 8 heteroatoms. The first kappa shape index (κ1) is 29.2. The molecule has 0 aliphatic heterocycles. The van der Waals surface area contributed by atoms with Crippen LogP contribution in [-0.2, 0) is 0 Å². The van der Waals surface area contributed by atoms with Gasteiger partial charge in [-0.15, -0.1) is 22.7 Å². The van der Waals surface area contributed by atoms with Gasteiger partial charge < -0.3 is 9.47 Å². The van der Waals surface area contributed by atoms with Crippen molar-refractivity contribution in [2.45, 2.75) is 79.1 Å². The van der Waals surface area contributed by atoms with Gasteiger partial charge >= 0.3 is 0 Å². The summed E-state index contributed by atoms with van der Waals surface area (Å²) in [6.07, 6.45) is 9.64. The van der Waals surface area contributed by atoms with E-state index in [0.717, 1.165) is 74.2 Å². The number of fused-ring (bicyclic) bond motifs is 2. The van der Waals surface area contributed by atoms with Crippen molar-refractivity contribution in [3.63, 3.8) is 0 Å². The zero-order valence-electron chi connectivity index (χ0n) is 20.4. The third kappa shape index (κ3) is 6.56. The van der Waals surface area contributed by atoms with Crippen molar-refractivity contribution >= 4 is 107 Å². The van der Waals surface area contributed by atoms with Crippen LogP contribution in [0, 0.1) is 11.8 Å². The van der Waals surface area contributed by atoms with Crippen molar-refractivity contribution in [1.82, 2.24) is 0 Å². The van der Waals surface area contributed by atoms with Crippen LogP contribution in [0.15, 0.2) is 16.5 Å². The minimum atomic E-state index is 0.567. The van der Waals surface area contributed by atoms with E-state index in [1.165, 1.54) is 38.5 Å². The standard InChI is InChI=1S/C26H34Br4O2S2/c1-5-9-11-15(7-3)13-31-21-17-19(27)25(29)34-24(17)22(18-20(28)26(30)33-23(18)21)32-14-16(8-4)12-10-6-2/h15-16H,5-14H2,1-4H3. The Bertz CT molecular complexity index is 1010. The zero-order valence-corrected chi connectivity index (χ0v) is 28.3. The molecule has 0 radical (unpaired) electrons. The predicted molar refractivity (Wildman–Crippen MR) is 166 cm³/mol. The fourth-order valence-corrected chi connectivity index (χ4v) is 8.91. The molecule has 2 unspecified atom stereocenters. The maximum Gasteiger partial charge on any atom is 0.147 e. The summed E-state index contributed by atoms with van der Waals surface area (Å²) in [6.45, 7) is 10.5. The number of benzene rings is 1. The van der Waals surface area contributed by atoms with Crippen molar-refractivity contribution in [2.75, 3.05) is 13.2 Å². The van der Waals surface area contributed by atoms with Gasteiger partial charge in [-0.05, 0) is 88.4 Å². The van der Waals surface area contributed by atoms with E-state index in [2.05, 4.69) is 91.4 Å². The SMILES string of the molecule is CCCCC(CC)COc1c2sc(Br)c(Br)c2c(OCC(CC)CCCC)c2sc(Br)c(Br)c12. The molecular formula is C26H34Br4O2S2. The second kappa shape index (κ2) is 14.0. The van der Waals surface area contributed by atoms with Gasteiger partial charge in [0.2, 0.25) is 0 Å². The van der Waals surface area contributed by atoms with Crippen molar-refractivity contribution in [1.29, 1.82) is 0 Å². The first-order valence-electron chi connectivity index (χ1n) is 12.3. The lowest BCUT2D eigenvalue weighted by Gasteiger charge is -2.20. The lowest BCUT2D eigenvalue weighted by Crippen LogP contribution is -2.12. The second-order valence-corrected chi connectivity index (χ2v) is 15.2. The monoisotopic (exact) mass is 758 g/mol. The quantitative estimate of drug-likeness (QED) is 0.163. The van der Waals surface area contributed by atoms with Gasteiger partial charge in [-0.2, -0.15) is 0 Å². The average Bonchev–Trinajstić information content (AvgIpc) is 3.30. The fraction of sp³-hybridized carbons (Fsp3) is 0.615. The molecule has 0 saturated heterocycles. The molecule has 0 spiro atoms. The van der Waals surface area contributed by atoms with Crippen LogP contribution in [0.1, 0.15) is 79.1 Å². The Kier molecular flexibility index (Phi) is 12.0. The number of unbranched alkanes of at least 4 members (excludes halogenated alkanes) is 2. The minimum Gasteiger partial charge on any atom is -0.491 e. The summed E-state index contributed by atoms with van der Waals surface area (Å²) in [5, 5.41) is 2.24. The van der Waals surface area contributed by atoms with E-state index in [-0.39, 0.29) is 0 Å². The first-order valence-corrected chi connectivity index (χ1v) is 17.1. The summed E-state index contributed by atoms with van der Waals surface area (Å²) in [5.41, 5.74) is 0. The Morgan fingerprint density at radius 1 is 0.647 bits per heavy atom. The molecule has 0 amide bonds. The van der Waals surface area contributed by atoms with Gasteiger partial charge in [0.15, 0.2) is 0 Å². The van der Waals surface area contributed by atoms with Gasteiger partial charge in [-0.3, -0.25) is 0 Å². The van der Waals surface area contributed by atoms with Crippen LogP contribution in [0.5, 0.6) is 11.5 Å². The molecule has 2 aromatic heterocycles. The molecule has 34 heavy (non-hydrogen) atoms. The molecule has 0 aliphatic rings. The van der Waals surface area contributed by atoms with Gasteiger partial charge in [-0.25, -0.2) is 0 Å². The van der Waals surface area contributed by atoms with Gasteiger partial charge in [0.05, 0.1) is 49.9 Å². The summed E-state index contributed by atoms with van der Waals surface area (Å²) < 4.78 is 19.9. The molecule has 0 fully saturated rings. The second-order valence-electron chi connectivity index (χ2n) is 8.90. The average molecular weight is 762 g/mol. The molecule has 0 aliphatic carbocycles. The van der Waals surface area contributed by atoms with Gasteiger partial charge in [0.25, 0.3) is 0 Å². The summed E-state index contributed by atoms with van der Waals surface area (Å²) >= 11 is 18.7. The van der Waals surface area contributed by atoms with Crippen LogP contribution in [0.25, 0.3) is 20.2 Å². The fourth-order valence-electron chi connectivity index (χ4n) is 4.19. The summed E-state index contributed by atoms with van der Waals surface area (Å²) in [5.74, 6) is 3.07. The molecule has 1 aromatic carbocycles. The minimum absolute atomic E-state index is 0.567. The van der Waals surface area contributed by atoms with Crippen molar-refractivity contribution in [2.24, 2.45) is 11.8 Å². The smallest absolute Gasteiger partial charge is 0.147 e. The van der Waals surface area contributed by atoms with Gasteiger partial charge in [0, 0.05) is 0 Å². The van der Waals surface area contributed by atoms with Crippen LogP contribution in [0.4, 0.5) is 0 Å². The van der Waals surface area contributed by atoms with E-state index < -0.39 is 0 Å². The highest BCUT2D eigenvalue weighted by atomic mass is 79.9. The van der Waals surface area contributed by atoms with Crippen molar-refractivity contribution in [3.8, 4) is 11.5 Å². The summed E-state index contributed by atoms with van der Waals surface area (Å²) in [7, 11) is 0. The van der Waals surface area contributed by atoms with Gasteiger partial charge in [0.1, 0.15) is 11.5 Å². The van der Waals surface area contributed by atoms with Crippen LogP contribution < -0.4 is 9.47 Å². The van der Waals surface area contributed by atoms with Crippen molar-refractivity contribution < 1.29 is 9.47 Å². The molecule has 190 valence electrons. The maximum atomic E-state index is 6.67. The van der Waals surface area contributed by atoms with Gasteiger partial charge in [-0.1, -0.05) is 66.2 Å². The van der Waals surface area contributed by atoms with E-state index in [1.807, 2.05) is 0 Å². The van der Waals surface area contributed by atoms with E-state index in [1.54, 1.807) is 22.7 Å². The molecule has 2 nitrogen and oxygen atoms in total. The number of halogens is 4. The van der Waals surface area contributed by atoms with E-state index in [0.29, 0.717) is 11.8 Å². The number of rotatable bonds is 14. The topological polar surface area (TPSA) is 18.5 Å². The lowest BCUT2D eigenvalue weighted by molar-refractivity contribution is 0.235. The van der Waals surface area contributed by atoms with Crippen molar-refractivity contribution in [3.05, 3.63) is 16.5 Å². The van der Waals surface area contributed by atoms with Crippen LogP contribution >= 0.6 is 86.4 Å². The normalized spacial score (nSPS) is 13.6. The Labute approximate surface area is 246 Å². The highest BCUT2D eigenvalue weighted by molar-refractivity contribution is 9.14. The molecule has 2 heterocycles. The lowest BCUT2D eigenvalue weighted by atomic mass is 10.0. The molecule has 0 saturated carbocycles. The van der Waals surface area contributed by atoms with Crippen LogP contribution in [0.3, 0.4) is 0 Å². The Morgan fingerprint density at radius 2 is 1.03 bits per heavy atom. The Morgan fingerprint density at radius 3 is 1.35 bits per heavy atom. The third-order valence-electron chi connectivity index (χ3n) is 6.50. The summed E-state index contributed by atoms with van der Waals surface area (Å²) in [4.78, 5) is 0.